The molecule has 0 aliphatic carbocycles. The molecule has 1 aliphatic rings. The molecule has 1 aromatic carbocycles. The van der Waals surface area contributed by atoms with Crippen molar-refractivity contribution >= 4 is 6.03 Å². The van der Waals surface area contributed by atoms with Crippen molar-refractivity contribution in [2.75, 3.05) is 32.8 Å². The molecule has 122 valence electrons. The van der Waals surface area contributed by atoms with E-state index in [1.165, 1.54) is 5.56 Å². The Hall–Kier alpha value is -1.59. The first-order valence-corrected chi connectivity index (χ1v) is 8.09. The van der Waals surface area contributed by atoms with Gasteiger partial charge in [-0.1, -0.05) is 30.3 Å². The highest BCUT2D eigenvalue weighted by molar-refractivity contribution is 5.74. The average Bonchev–Trinajstić information content (AvgIpc) is 3.00. The van der Waals surface area contributed by atoms with Gasteiger partial charge < -0.3 is 20.6 Å². The largest absolute Gasteiger partial charge is 0.394 e. The van der Waals surface area contributed by atoms with E-state index >= 15 is 0 Å². The van der Waals surface area contributed by atoms with Gasteiger partial charge in [0.25, 0.3) is 0 Å². The van der Waals surface area contributed by atoms with Gasteiger partial charge >= 0.3 is 6.03 Å². The van der Waals surface area contributed by atoms with E-state index in [4.69, 9.17) is 5.11 Å². The van der Waals surface area contributed by atoms with E-state index in [-0.39, 0.29) is 18.7 Å². The molecule has 1 saturated heterocycles. The summed E-state index contributed by atoms with van der Waals surface area (Å²) in [4.78, 5) is 14.1. The summed E-state index contributed by atoms with van der Waals surface area (Å²) in [6, 6.07) is 10.2. The fourth-order valence-corrected chi connectivity index (χ4v) is 2.77. The highest BCUT2D eigenvalue weighted by Crippen LogP contribution is 2.15. The molecule has 5 heteroatoms. The Kier molecular flexibility index (Phi) is 6.68. The molecule has 2 amide bonds. The summed E-state index contributed by atoms with van der Waals surface area (Å²) < 4.78 is 0. The van der Waals surface area contributed by atoms with E-state index in [2.05, 4.69) is 39.8 Å². The molecule has 22 heavy (non-hydrogen) atoms. The quantitative estimate of drug-likeness (QED) is 0.710. The van der Waals surface area contributed by atoms with Gasteiger partial charge in [0, 0.05) is 19.6 Å². The summed E-state index contributed by atoms with van der Waals surface area (Å²) in [5.74, 6) is 0.519. The van der Waals surface area contributed by atoms with Gasteiger partial charge in [-0.05, 0) is 37.8 Å². The number of aliphatic hydroxyl groups is 1. The lowest BCUT2D eigenvalue weighted by Crippen LogP contribution is -2.44. The predicted molar refractivity (Wildman–Crippen MR) is 87.8 cm³/mol. The third-order valence-corrected chi connectivity index (χ3v) is 4.13. The SMILES string of the molecule is CC(CO)NC(=O)NCC1CCN(CCc2ccccc2)C1. The summed E-state index contributed by atoms with van der Waals surface area (Å²) >= 11 is 0. The molecule has 2 unspecified atom stereocenters. The number of likely N-dealkylation sites (tertiary alicyclic amines) is 1. The van der Waals surface area contributed by atoms with Crippen LogP contribution in [0.4, 0.5) is 4.79 Å². The smallest absolute Gasteiger partial charge is 0.315 e. The van der Waals surface area contributed by atoms with Gasteiger partial charge in [-0.15, -0.1) is 0 Å². The molecular formula is C17H27N3O2. The van der Waals surface area contributed by atoms with Crippen LogP contribution in [-0.4, -0.2) is 54.9 Å². The molecule has 2 atom stereocenters. The molecule has 0 aromatic heterocycles. The van der Waals surface area contributed by atoms with Crippen LogP contribution in [0.5, 0.6) is 0 Å². The van der Waals surface area contributed by atoms with Gasteiger partial charge in [0.05, 0.1) is 12.6 Å². The van der Waals surface area contributed by atoms with Crippen molar-refractivity contribution in [1.29, 1.82) is 0 Å². The first kappa shape index (κ1) is 16.8. The van der Waals surface area contributed by atoms with Crippen LogP contribution in [0.2, 0.25) is 0 Å². The van der Waals surface area contributed by atoms with Crippen LogP contribution < -0.4 is 10.6 Å². The van der Waals surface area contributed by atoms with Crippen molar-refractivity contribution in [2.24, 2.45) is 5.92 Å². The Morgan fingerprint density at radius 2 is 2.18 bits per heavy atom. The van der Waals surface area contributed by atoms with Crippen molar-refractivity contribution in [2.45, 2.75) is 25.8 Å². The van der Waals surface area contributed by atoms with E-state index < -0.39 is 0 Å². The first-order valence-electron chi connectivity index (χ1n) is 8.09. The third kappa shape index (κ3) is 5.66. The number of urea groups is 1. The van der Waals surface area contributed by atoms with Crippen LogP contribution in [0, 0.1) is 5.92 Å². The maximum absolute atomic E-state index is 11.6. The summed E-state index contributed by atoms with van der Waals surface area (Å²) in [5.41, 5.74) is 1.38. The Morgan fingerprint density at radius 3 is 2.91 bits per heavy atom. The zero-order chi connectivity index (χ0) is 15.8. The Balaban J connectivity index is 1.62. The number of carbonyl (C=O) groups excluding carboxylic acids is 1. The lowest BCUT2D eigenvalue weighted by Gasteiger charge is -2.17. The minimum Gasteiger partial charge on any atom is -0.394 e. The molecule has 0 spiro atoms. The molecule has 1 fully saturated rings. The molecule has 0 saturated carbocycles. The van der Waals surface area contributed by atoms with Crippen molar-refractivity contribution < 1.29 is 9.90 Å². The Labute approximate surface area is 132 Å². The third-order valence-electron chi connectivity index (χ3n) is 4.13. The van der Waals surface area contributed by atoms with Gasteiger partial charge in [-0.2, -0.15) is 0 Å². The summed E-state index contributed by atoms with van der Waals surface area (Å²) in [6.07, 6.45) is 2.21. The van der Waals surface area contributed by atoms with E-state index in [1.54, 1.807) is 6.92 Å². The van der Waals surface area contributed by atoms with Gasteiger partial charge in [-0.3, -0.25) is 0 Å². The minimum absolute atomic E-state index is 0.0376. The molecular weight excluding hydrogens is 278 g/mol. The van der Waals surface area contributed by atoms with Crippen molar-refractivity contribution in [3.63, 3.8) is 0 Å². The van der Waals surface area contributed by atoms with Crippen molar-refractivity contribution in [3.8, 4) is 0 Å². The second-order valence-electron chi connectivity index (χ2n) is 6.13. The van der Waals surface area contributed by atoms with Gasteiger partial charge in [0.2, 0.25) is 0 Å². The van der Waals surface area contributed by atoms with Crippen molar-refractivity contribution in [3.05, 3.63) is 35.9 Å². The normalized spacial score (nSPS) is 19.8. The fraction of sp³-hybridized carbons (Fsp3) is 0.588. The maximum Gasteiger partial charge on any atom is 0.315 e. The minimum atomic E-state index is -0.203. The zero-order valence-electron chi connectivity index (χ0n) is 13.3. The predicted octanol–water partition coefficient (Wildman–Crippen LogP) is 1.23. The van der Waals surface area contributed by atoms with Crippen LogP contribution in [0.25, 0.3) is 0 Å². The maximum atomic E-state index is 11.6. The average molecular weight is 305 g/mol. The molecule has 0 radical (unpaired) electrons. The second-order valence-corrected chi connectivity index (χ2v) is 6.13. The number of benzene rings is 1. The van der Waals surface area contributed by atoms with Gasteiger partial charge in [0.15, 0.2) is 0 Å². The number of hydrogen-bond donors (Lipinski definition) is 3. The van der Waals surface area contributed by atoms with Crippen LogP contribution >= 0.6 is 0 Å². The molecule has 1 aliphatic heterocycles. The number of aliphatic hydroxyl groups excluding tert-OH is 1. The van der Waals surface area contributed by atoms with Gasteiger partial charge in [-0.25, -0.2) is 4.79 Å². The fourth-order valence-electron chi connectivity index (χ4n) is 2.77. The molecule has 1 aromatic rings. The highest BCUT2D eigenvalue weighted by Gasteiger charge is 2.22. The number of nitrogens with zero attached hydrogens (tertiary/aromatic N) is 1. The van der Waals surface area contributed by atoms with E-state index in [0.717, 1.165) is 32.5 Å². The summed E-state index contributed by atoms with van der Waals surface area (Å²) in [7, 11) is 0. The summed E-state index contributed by atoms with van der Waals surface area (Å²) in [5, 5.41) is 14.5. The number of carbonyl (C=O) groups is 1. The lowest BCUT2D eigenvalue weighted by atomic mass is 10.1. The van der Waals surface area contributed by atoms with Crippen LogP contribution in [0.3, 0.4) is 0 Å². The van der Waals surface area contributed by atoms with E-state index in [1.807, 2.05) is 6.07 Å². The molecule has 3 N–H and O–H groups in total. The lowest BCUT2D eigenvalue weighted by molar-refractivity contribution is 0.219. The van der Waals surface area contributed by atoms with Crippen LogP contribution in [0.15, 0.2) is 30.3 Å². The van der Waals surface area contributed by atoms with Crippen LogP contribution in [-0.2, 0) is 6.42 Å². The Bertz CT molecular complexity index is 452. The molecule has 0 bridgehead atoms. The monoisotopic (exact) mass is 305 g/mol. The topological polar surface area (TPSA) is 64.6 Å². The highest BCUT2D eigenvalue weighted by atomic mass is 16.3. The molecule has 1 heterocycles. The van der Waals surface area contributed by atoms with Gasteiger partial charge in [0.1, 0.15) is 0 Å². The number of hydrogen-bond acceptors (Lipinski definition) is 3. The van der Waals surface area contributed by atoms with E-state index in [9.17, 15) is 4.79 Å². The van der Waals surface area contributed by atoms with Crippen molar-refractivity contribution in [1.82, 2.24) is 15.5 Å². The second kappa shape index (κ2) is 8.76. The van der Waals surface area contributed by atoms with E-state index in [0.29, 0.717) is 12.5 Å². The van der Waals surface area contributed by atoms with Crippen LogP contribution in [0.1, 0.15) is 18.9 Å². The number of nitrogens with one attached hydrogen (secondary N) is 2. The molecule has 5 nitrogen and oxygen atoms in total. The standard InChI is InChI=1S/C17H27N3O2/c1-14(13-21)19-17(22)18-11-16-8-10-20(12-16)9-7-15-5-3-2-4-6-15/h2-6,14,16,21H,7-13H2,1H3,(H2,18,19,22). The Morgan fingerprint density at radius 1 is 1.41 bits per heavy atom. The number of rotatable bonds is 7. The first-order chi connectivity index (χ1) is 10.7. The number of amides is 2. The molecule has 2 rings (SSSR count). The summed E-state index contributed by atoms with van der Waals surface area (Å²) in [6.45, 7) is 5.67. The zero-order valence-corrected chi connectivity index (χ0v) is 13.3.